The summed E-state index contributed by atoms with van der Waals surface area (Å²) in [5, 5.41) is 0. The predicted molar refractivity (Wildman–Crippen MR) is 108 cm³/mol. The van der Waals surface area contributed by atoms with Crippen LogP contribution in [0.3, 0.4) is 0 Å². The van der Waals surface area contributed by atoms with Crippen molar-refractivity contribution in [2.75, 3.05) is 0 Å². The summed E-state index contributed by atoms with van der Waals surface area (Å²) in [5.41, 5.74) is 1.91. The van der Waals surface area contributed by atoms with Crippen molar-refractivity contribution in [3.63, 3.8) is 0 Å². The first-order valence-electron chi connectivity index (χ1n) is 10.5. The molecule has 0 aromatic heterocycles. The number of hydrogen-bond donors (Lipinski definition) is 0. The van der Waals surface area contributed by atoms with Crippen molar-refractivity contribution in [2.45, 2.75) is 57.8 Å². The molecular weight excluding hydrogens is 357 g/mol. The van der Waals surface area contributed by atoms with E-state index in [9.17, 15) is 8.78 Å². The van der Waals surface area contributed by atoms with Crippen molar-refractivity contribution >= 4 is 0 Å². The molecule has 4 rings (SSSR count). The van der Waals surface area contributed by atoms with E-state index in [2.05, 4.69) is 19.1 Å². The lowest BCUT2D eigenvalue weighted by Gasteiger charge is -2.40. The zero-order chi connectivity index (χ0) is 19.7. The molecule has 0 nitrogen and oxygen atoms in total. The second-order valence-corrected chi connectivity index (χ2v) is 8.32. The number of benzene rings is 2. The summed E-state index contributed by atoms with van der Waals surface area (Å²) in [5.74, 6) is -0.0324. The maximum absolute atomic E-state index is 15.3. The molecule has 2 aliphatic carbocycles. The van der Waals surface area contributed by atoms with Gasteiger partial charge in [0.2, 0.25) is 0 Å². The van der Waals surface area contributed by atoms with Gasteiger partial charge in [0, 0.05) is 0 Å². The minimum Gasteiger partial charge on any atom is -0.207 e. The molecule has 1 saturated carbocycles. The topological polar surface area (TPSA) is 0 Å². The monoisotopic (exact) mass is 384 g/mol. The van der Waals surface area contributed by atoms with Crippen LogP contribution in [0.2, 0.25) is 0 Å². The maximum atomic E-state index is 15.3. The van der Waals surface area contributed by atoms with Gasteiger partial charge in [-0.25, -0.2) is 13.2 Å². The predicted octanol–water partition coefficient (Wildman–Crippen LogP) is 7.57. The standard InChI is InChI=1S/C25H27F3/c1-2-3-4-5-16-6-12-20-18(14-16)9-13-21-22(20)15-23(27)24(25(21)28)17-7-10-19(26)11-8-17/h4-5,7-8,10-11,15-16,18,20H,2-3,6,9,12-14H2,1H3/b5-4+/t16-,18-,20+/m1/s1. The van der Waals surface area contributed by atoms with Crippen molar-refractivity contribution in [3.8, 4) is 11.1 Å². The van der Waals surface area contributed by atoms with Crippen molar-refractivity contribution in [1.82, 2.24) is 0 Å². The fourth-order valence-corrected chi connectivity index (χ4v) is 5.13. The van der Waals surface area contributed by atoms with Gasteiger partial charge in [-0.1, -0.05) is 37.6 Å². The van der Waals surface area contributed by atoms with Gasteiger partial charge < -0.3 is 0 Å². The van der Waals surface area contributed by atoms with Crippen LogP contribution < -0.4 is 0 Å². The highest BCUT2D eigenvalue weighted by molar-refractivity contribution is 5.67. The van der Waals surface area contributed by atoms with Gasteiger partial charge in [0.1, 0.15) is 17.5 Å². The minimum absolute atomic E-state index is 0.0200. The number of hydrogen-bond acceptors (Lipinski definition) is 0. The summed E-state index contributed by atoms with van der Waals surface area (Å²) in [6.07, 6.45) is 11.7. The number of unbranched alkanes of at least 4 members (excludes halogenated alkanes) is 1. The smallest absolute Gasteiger partial charge is 0.137 e. The second kappa shape index (κ2) is 8.14. The zero-order valence-corrected chi connectivity index (χ0v) is 16.4. The van der Waals surface area contributed by atoms with Gasteiger partial charge in [0.15, 0.2) is 0 Å². The number of halogens is 3. The minimum atomic E-state index is -0.534. The van der Waals surface area contributed by atoms with E-state index in [-0.39, 0.29) is 11.5 Å². The molecule has 3 heteroatoms. The fourth-order valence-electron chi connectivity index (χ4n) is 5.13. The van der Waals surface area contributed by atoms with Crippen LogP contribution in [0.1, 0.15) is 62.5 Å². The van der Waals surface area contributed by atoms with E-state index in [1.54, 1.807) is 6.07 Å². The Labute approximate surface area is 165 Å². The molecule has 0 bridgehead atoms. The molecule has 0 amide bonds. The molecule has 28 heavy (non-hydrogen) atoms. The van der Waals surface area contributed by atoms with Crippen molar-refractivity contribution in [2.24, 2.45) is 11.8 Å². The highest BCUT2D eigenvalue weighted by Gasteiger charge is 2.37. The zero-order valence-electron chi connectivity index (χ0n) is 16.4. The van der Waals surface area contributed by atoms with Crippen LogP contribution in [-0.2, 0) is 6.42 Å². The van der Waals surface area contributed by atoms with Gasteiger partial charge >= 0.3 is 0 Å². The Morgan fingerprint density at radius 3 is 2.57 bits per heavy atom. The summed E-state index contributed by atoms with van der Waals surface area (Å²) in [6.45, 7) is 2.18. The van der Waals surface area contributed by atoms with Crippen molar-refractivity contribution in [3.05, 3.63) is 71.1 Å². The molecule has 0 saturated heterocycles. The Hall–Kier alpha value is -2.03. The average molecular weight is 384 g/mol. The second-order valence-electron chi connectivity index (χ2n) is 8.32. The fraction of sp³-hybridized carbons (Fsp3) is 0.440. The number of rotatable bonds is 4. The Balaban J connectivity index is 1.62. The lowest BCUT2D eigenvalue weighted by Crippen LogP contribution is -2.28. The van der Waals surface area contributed by atoms with Crippen LogP contribution in [0.15, 0.2) is 42.5 Å². The average Bonchev–Trinajstić information content (AvgIpc) is 2.69. The number of fused-ring (bicyclic) bond motifs is 3. The molecule has 0 aliphatic heterocycles. The summed E-state index contributed by atoms with van der Waals surface area (Å²) >= 11 is 0. The van der Waals surface area contributed by atoms with Gasteiger partial charge in [0.05, 0.1) is 5.56 Å². The summed E-state index contributed by atoms with van der Waals surface area (Å²) in [4.78, 5) is 0. The number of allylic oxidation sites excluding steroid dienone is 2. The molecule has 2 aromatic carbocycles. The quantitative estimate of drug-likeness (QED) is 0.477. The third-order valence-electron chi connectivity index (χ3n) is 6.54. The Bertz CT molecular complexity index is 866. The van der Waals surface area contributed by atoms with Gasteiger partial charge in [-0.15, -0.1) is 0 Å². The Morgan fingerprint density at radius 1 is 1.04 bits per heavy atom. The first-order valence-corrected chi connectivity index (χ1v) is 10.5. The van der Waals surface area contributed by atoms with E-state index in [1.807, 2.05) is 0 Å². The summed E-state index contributed by atoms with van der Waals surface area (Å²) in [6, 6.07) is 6.95. The van der Waals surface area contributed by atoms with E-state index in [4.69, 9.17) is 0 Å². The highest BCUT2D eigenvalue weighted by atomic mass is 19.1. The summed E-state index contributed by atoms with van der Waals surface area (Å²) < 4.78 is 43.4. The maximum Gasteiger partial charge on any atom is 0.137 e. The van der Waals surface area contributed by atoms with Gasteiger partial charge in [-0.3, -0.25) is 0 Å². The first kappa shape index (κ1) is 19.3. The normalized spacial score (nSPS) is 24.2. The van der Waals surface area contributed by atoms with E-state index in [0.717, 1.165) is 44.1 Å². The molecule has 1 fully saturated rings. The van der Waals surface area contributed by atoms with Crippen LogP contribution >= 0.6 is 0 Å². The molecule has 148 valence electrons. The lowest BCUT2D eigenvalue weighted by molar-refractivity contribution is 0.234. The molecule has 0 unspecified atom stereocenters. The van der Waals surface area contributed by atoms with Crippen LogP contribution in [0.5, 0.6) is 0 Å². The van der Waals surface area contributed by atoms with Crippen LogP contribution in [0.25, 0.3) is 11.1 Å². The Morgan fingerprint density at radius 2 is 1.82 bits per heavy atom. The van der Waals surface area contributed by atoms with Crippen molar-refractivity contribution in [1.29, 1.82) is 0 Å². The molecule has 2 aliphatic rings. The lowest BCUT2D eigenvalue weighted by atomic mass is 9.65. The van der Waals surface area contributed by atoms with Gasteiger partial charge in [-0.05, 0) is 91.2 Å². The molecule has 0 radical (unpaired) electrons. The molecule has 2 aromatic rings. The van der Waals surface area contributed by atoms with E-state index >= 15 is 4.39 Å². The summed E-state index contributed by atoms with van der Waals surface area (Å²) in [7, 11) is 0. The largest absolute Gasteiger partial charge is 0.207 e. The molecule has 3 atom stereocenters. The molecule has 0 N–H and O–H groups in total. The molecule has 0 spiro atoms. The third kappa shape index (κ3) is 3.64. The van der Waals surface area contributed by atoms with Gasteiger partial charge in [0.25, 0.3) is 0 Å². The van der Waals surface area contributed by atoms with Gasteiger partial charge in [-0.2, -0.15) is 0 Å². The van der Waals surface area contributed by atoms with E-state index < -0.39 is 17.5 Å². The SMILES string of the molecule is CCC/C=C/[C@@H]1CC[C@@H]2c3cc(F)c(-c4ccc(F)cc4)c(F)c3CC[C@@H]2C1. The van der Waals surface area contributed by atoms with Crippen molar-refractivity contribution < 1.29 is 13.2 Å². The van der Waals surface area contributed by atoms with Crippen LogP contribution in [0.4, 0.5) is 13.2 Å². The van der Waals surface area contributed by atoms with E-state index in [1.165, 1.54) is 24.3 Å². The van der Waals surface area contributed by atoms with Crippen LogP contribution in [0, 0.1) is 29.3 Å². The van der Waals surface area contributed by atoms with E-state index in [0.29, 0.717) is 29.4 Å². The molecule has 0 heterocycles. The highest BCUT2D eigenvalue weighted by Crippen LogP contribution is 2.49. The first-order chi connectivity index (χ1) is 13.6. The Kier molecular flexibility index (Phi) is 5.61. The van der Waals surface area contributed by atoms with Crippen LogP contribution in [-0.4, -0.2) is 0 Å². The third-order valence-corrected chi connectivity index (χ3v) is 6.54. The molecular formula is C25H27F3.